The van der Waals surface area contributed by atoms with Gasteiger partial charge >= 0.3 is 6.09 Å². The molecule has 7 nitrogen and oxygen atoms in total. The summed E-state index contributed by atoms with van der Waals surface area (Å²) < 4.78 is 5.71. The number of aliphatic hydroxyl groups is 1. The summed E-state index contributed by atoms with van der Waals surface area (Å²) in [4.78, 5) is 28.0. The minimum absolute atomic E-state index is 0.180. The van der Waals surface area contributed by atoms with E-state index in [4.69, 9.17) is 4.74 Å². The number of rotatable bonds is 10. The number of hydrogen-bond donors (Lipinski definition) is 3. The van der Waals surface area contributed by atoms with E-state index < -0.39 is 29.9 Å². The van der Waals surface area contributed by atoms with Crippen LogP contribution in [0, 0.1) is 0 Å². The number of benzene rings is 2. The number of carbonyl (C=O) groups excluding carboxylic acids is 2. The summed E-state index contributed by atoms with van der Waals surface area (Å²) in [5.41, 5.74) is 1.45. The highest BCUT2D eigenvalue weighted by Gasteiger charge is 2.45. The molecule has 7 heteroatoms. The molecule has 1 aliphatic rings. The first-order valence-electron chi connectivity index (χ1n) is 12.5. The Bertz CT molecular complexity index is 946. The van der Waals surface area contributed by atoms with Gasteiger partial charge in [0, 0.05) is 18.5 Å². The van der Waals surface area contributed by atoms with Crippen LogP contribution < -0.4 is 10.6 Å². The van der Waals surface area contributed by atoms with E-state index in [-0.39, 0.29) is 12.1 Å². The number of alkyl carbamates (subject to hydrolysis) is 1. The van der Waals surface area contributed by atoms with Gasteiger partial charge in [-0.25, -0.2) is 4.79 Å². The summed E-state index contributed by atoms with van der Waals surface area (Å²) in [5, 5.41) is 17.5. The highest BCUT2D eigenvalue weighted by atomic mass is 16.6. The minimum Gasteiger partial charge on any atom is -0.443 e. The quantitative estimate of drug-likeness (QED) is 0.477. The van der Waals surface area contributed by atoms with E-state index in [9.17, 15) is 14.7 Å². The molecule has 3 N–H and O–H groups in total. The average Bonchev–Trinajstić information content (AvgIpc) is 3.12. The Labute approximate surface area is 208 Å². The van der Waals surface area contributed by atoms with E-state index in [1.165, 1.54) is 0 Å². The van der Waals surface area contributed by atoms with Gasteiger partial charge in [0.15, 0.2) is 0 Å². The molecule has 0 saturated carbocycles. The molecule has 2 aromatic rings. The van der Waals surface area contributed by atoms with E-state index >= 15 is 0 Å². The number of unbranched alkanes of at least 4 members (excludes halogenated alkanes) is 1. The van der Waals surface area contributed by atoms with Crippen LogP contribution in [0.25, 0.3) is 0 Å². The van der Waals surface area contributed by atoms with Gasteiger partial charge in [-0.2, -0.15) is 0 Å². The average molecular weight is 482 g/mol. The van der Waals surface area contributed by atoms with E-state index in [2.05, 4.69) is 17.6 Å². The van der Waals surface area contributed by atoms with E-state index in [1.807, 2.05) is 81.4 Å². The molecule has 1 heterocycles. The summed E-state index contributed by atoms with van der Waals surface area (Å²) in [5.74, 6) is -0.180. The van der Waals surface area contributed by atoms with Crippen molar-refractivity contribution in [3.63, 3.8) is 0 Å². The normalized spacial score (nSPS) is 19.9. The van der Waals surface area contributed by atoms with Crippen LogP contribution in [0.15, 0.2) is 60.7 Å². The second-order valence-electron chi connectivity index (χ2n) is 10.3. The Hall–Kier alpha value is -2.90. The molecule has 0 radical (unpaired) electrons. The molecular weight excluding hydrogens is 442 g/mol. The third-order valence-electron chi connectivity index (χ3n) is 6.06. The fraction of sp³-hybridized carbons (Fsp3) is 0.500. The molecule has 1 fully saturated rings. The van der Waals surface area contributed by atoms with Gasteiger partial charge in [0.25, 0.3) is 0 Å². The molecule has 0 bridgehead atoms. The molecule has 35 heavy (non-hydrogen) atoms. The van der Waals surface area contributed by atoms with Gasteiger partial charge in [-0.3, -0.25) is 10.1 Å². The molecule has 1 aliphatic heterocycles. The van der Waals surface area contributed by atoms with Crippen LogP contribution in [-0.4, -0.2) is 52.0 Å². The topological polar surface area (TPSA) is 90.9 Å². The third-order valence-corrected chi connectivity index (χ3v) is 6.06. The van der Waals surface area contributed by atoms with Crippen molar-refractivity contribution in [2.24, 2.45) is 0 Å². The number of ether oxygens (including phenoxy) is 1. The predicted octanol–water partition coefficient (Wildman–Crippen LogP) is 4.00. The van der Waals surface area contributed by atoms with Crippen LogP contribution in [0.3, 0.4) is 0 Å². The molecule has 0 spiro atoms. The Morgan fingerprint density at radius 2 is 1.69 bits per heavy atom. The van der Waals surface area contributed by atoms with Crippen LogP contribution >= 0.6 is 0 Å². The summed E-state index contributed by atoms with van der Waals surface area (Å²) in [7, 11) is 0. The lowest BCUT2D eigenvalue weighted by molar-refractivity contribution is -0.134. The van der Waals surface area contributed by atoms with Crippen molar-refractivity contribution in [1.82, 2.24) is 15.5 Å². The lowest BCUT2D eigenvalue weighted by Crippen LogP contribution is -2.52. The lowest BCUT2D eigenvalue weighted by Gasteiger charge is -2.28. The summed E-state index contributed by atoms with van der Waals surface area (Å²) >= 11 is 0. The van der Waals surface area contributed by atoms with Crippen molar-refractivity contribution >= 4 is 12.0 Å². The fourth-order valence-corrected chi connectivity index (χ4v) is 4.32. The number of amides is 2. The van der Waals surface area contributed by atoms with Crippen molar-refractivity contribution in [3.05, 3.63) is 71.8 Å². The van der Waals surface area contributed by atoms with E-state index in [0.717, 1.165) is 30.4 Å². The SMILES string of the molecule is CCCCC1N[C@@H](C(O)C(Cc2ccccc2)OC(=O)NC(C)(C)C)C(=O)N1Cc1ccccc1. The maximum absolute atomic E-state index is 13.5. The first kappa shape index (κ1) is 26.7. The number of aliphatic hydroxyl groups excluding tert-OH is 1. The van der Waals surface area contributed by atoms with Crippen LogP contribution in [0.5, 0.6) is 0 Å². The molecular formula is C28H39N3O4. The predicted molar refractivity (Wildman–Crippen MR) is 137 cm³/mol. The Kier molecular flexibility index (Phi) is 9.29. The van der Waals surface area contributed by atoms with Crippen LogP contribution in [-0.2, 0) is 22.5 Å². The maximum Gasteiger partial charge on any atom is 0.407 e. The van der Waals surface area contributed by atoms with Crippen LogP contribution in [0.2, 0.25) is 0 Å². The number of hydrogen-bond acceptors (Lipinski definition) is 5. The fourth-order valence-electron chi connectivity index (χ4n) is 4.32. The van der Waals surface area contributed by atoms with Gasteiger partial charge in [0.1, 0.15) is 18.2 Å². The van der Waals surface area contributed by atoms with E-state index in [1.54, 1.807) is 4.90 Å². The minimum atomic E-state index is -1.21. The van der Waals surface area contributed by atoms with Gasteiger partial charge in [-0.1, -0.05) is 80.4 Å². The first-order chi connectivity index (χ1) is 16.7. The van der Waals surface area contributed by atoms with Crippen molar-refractivity contribution in [2.45, 2.75) is 89.9 Å². The molecule has 4 atom stereocenters. The molecule has 2 amide bonds. The number of carbonyl (C=O) groups is 2. The van der Waals surface area contributed by atoms with Gasteiger partial charge in [-0.15, -0.1) is 0 Å². The van der Waals surface area contributed by atoms with Crippen molar-refractivity contribution in [1.29, 1.82) is 0 Å². The second kappa shape index (κ2) is 12.2. The van der Waals surface area contributed by atoms with Crippen molar-refractivity contribution in [3.8, 4) is 0 Å². The standard InChI is InChI=1S/C28H39N3O4/c1-5-6-17-23-29-24(26(33)31(23)19-21-15-11-8-12-16-21)25(32)22(18-20-13-9-7-10-14-20)35-27(34)30-28(2,3)4/h7-16,22-25,29,32H,5-6,17-19H2,1-4H3,(H,30,34)/t22?,23?,24-,25?/m0/s1. The Morgan fingerprint density at radius 1 is 1.09 bits per heavy atom. The number of nitrogens with one attached hydrogen (secondary N) is 2. The highest BCUT2D eigenvalue weighted by molar-refractivity contribution is 5.85. The molecule has 3 unspecified atom stereocenters. The van der Waals surface area contributed by atoms with Gasteiger partial charge < -0.3 is 20.1 Å². The molecule has 1 saturated heterocycles. The summed E-state index contributed by atoms with van der Waals surface area (Å²) in [6, 6.07) is 18.5. The zero-order valence-corrected chi connectivity index (χ0v) is 21.2. The van der Waals surface area contributed by atoms with Crippen LogP contribution in [0.4, 0.5) is 4.79 Å². The Balaban J connectivity index is 1.81. The highest BCUT2D eigenvalue weighted by Crippen LogP contribution is 2.24. The summed E-state index contributed by atoms with van der Waals surface area (Å²) in [6.07, 6.45) is 0.122. The van der Waals surface area contributed by atoms with E-state index in [0.29, 0.717) is 13.0 Å². The van der Waals surface area contributed by atoms with Crippen LogP contribution in [0.1, 0.15) is 58.1 Å². The molecule has 3 rings (SSSR count). The largest absolute Gasteiger partial charge is 0.443 e. The van der Waals surface area contributed by atoms with Crippen molar-refractivity contribution in [2.75, 3.05) is 0 Å². The zero-order chi connectivity index (χ0) is 25.4. The second-order valence-corrected chi connectivity index (χ2v) is 10.3. The zero-order valence-electron chi connectivity index (χ0n) is 21.2. The molecule has 190 valence electrons. The molecule has 2 aromatic carbocycles. The third kappa shape index (κ3) is 7.80. The smallest absolute Gasteiger partial charge is 0.407 e. The first-order valence-corrected chi connectivity index (χ1v) is 12.5. The summed E-state index contributed by atoms with van der Waals surface area (Å²) in [6.45, 7) is 8.15. The lowest BCUT2D eigenvalue weighted by atomic mass is 9.98. The Morgan fingerprint density at radius 3 is 2.26 bits per heavy atom. The molecule has 0 aliphatic carbocycles. The van der Waals surface area contributed by atoms with Gasteiger partial charge in [0.05, 0.1) is 6.17 Å². The molecule has 0 aromatic heterocycles. The number of nitrogens with zero attached hydrogens (tertiary/aromatic N) is 1. The van der Waals surface area contributed by atoms with Gasteiger partial charge in [0.2, 0.25) is 5.91 Å². The monoisotopic (exact) mass is 481 g/mol. The van der Waals surface area contributed by atoms with Crippen molar-refractivity contribution < 1.29 is 19.4 Å². The maximum atomic E-state index is 13.5. The van der Waals surface area contributed by atoms with Gasteiger partial charge in [-0.05, 0) is 38.3 Å².